The molecule has 17 heavy (non-hydrogen) atoms. The van der Waals surface area contributed by atoms with Gasteiger partial charge in [0.1, 0.15) is 17.4 Å². The summed E-state index contributed by atoms with van der Waals surface area (Å²) in [6.07, 6.45) is 0. The van der Waals surface area contributed by atoms with Crippen molar-refractivity contribution in [3.05, 3.63) is 22.9 Å². The van der Waals surface area contributed by atoms with Crippen molar-refractivity contribution in [3.8, 4) is 6.07 Å². The second-order valence-electron chi connectivity index (χ2n) is 4.53. The maximum Gasteiger partial charge on any atom is 0.242 e. The monoisotopic (exact) mass is 232 g/mol. The molecular formula is C12H16N4O. The van der Waals surface area contributed by atoms with E-state index >= 15 is 0 Å². The Labute approximate surface area is 101 Å². The van der Waals surface area contributed by atoms with Crippen molar-refractivity contribution in [2.75, 3.05) is 5.32 Å². The Balaban J connectivity index is 3.24. The third-order valence-corrected chi connectivity index (χ3v) is 2.50. The number of hydrogen-bond acceptors (Lipinski definition) is 4. The molecule has 0 aliphatic carbocycles. The van der Waals surface area contributed by atoms with E-state index in [1.807, 2.05) is 19.9 Å². The lowest BCUT2D eigenvalue weighted by Crippen LogP contribution is -2.45. The van der Waals surface area contributed by atoms with Crippen molar-refractivity contribution in [1.29, 1.82) is 5.26 Å². The van der Waals surface area contributed by atoms with Crippen molar-refractivity contribution < 1.29 is 4.79 Å². The molecule has 1 aromatic rings. The second-order valence-corrected chi connectivity index (χ2v) is 4.53. The molecular weight excluding hydrogens is 216 g/mol. The number of carbonyl (C=O) groups excluding carboxylic acids is 1. The second kappa shape index (κ2) is 4.42. The number of carbonyl (C=O) groups is 1. The summed E-state index contributed by atoms with van der Waals surface area (Å²) >= 11 is 0. The minimum atomic E-state index is -0.946. The first-order valence-electron chi connectivity index (χ1n) is 5.24. The SMILES string of the molecule is Cc1cc(C)c(C#N)c(NC(C)(C)C(N)=O)n1. The van der Waals surface area contributed by atoms with Crippen LogP contribution in [0.15, 0.2) is 6.07 Å². The highest BCUT2D eigenvalue weighted by molar-refractivity contribution is 5.87. The lowest BCUT2D eigenvalue weighted by atomic mass is 10.0. The normalized spacial score (nSPS) is 10.8. The number of nitriles is 1. The number of nitrogens with one attached hydrogen (secondary N) is 1. The van der Waals surface area contributed by atoms with Crippen LogP contribution in [0.5, 0.6) is 0 Å². The topological polar surface area (TPSA) is 91.8 Å². The van der Waals surface area contributed by atoms with Gasteiger partial charge in [0.2, 0.25) is 5.91 Å². The molecule has 1 aromatic heterocycles. The van der Waals surface area contributed by atoms with Gasteiger partial charge in [0.15, 0.2) is 0 Å². The van der Waals surface area contributed by atoms with Gasteiger partial charge in [-0.1, -0.05) is 0 Å². The van der Waals surface area contributed by atoms with Crippen molar-refractivity contribution in [3.63, 3.8) is 0 Å². The standard InChI is InChI=1S/C12H16N4O/c1-7-5-8(2)15-10(9(7)6-13)16-12(3,4)11(14)17/h5H,1-4H3,(H2,14,17)(H,15,16). The van der Waals surface area contributed by atoms with Gasteiger partial charge in [-0.2, -0.15) is 5.26 Å². The molecule has 90 valence electrons. The van der Waals surface area contributed by atoms with E-state index in [1.165, 1.54) is 0 Å². The number of rotatable bonds is 3. The number of aromatic nitrogens is 1. The predicted molar refractivity (Wildman–Crippen MR) is 65.3 cm³/mol. The van der Waals surface area contributed by atoms with Crippen LogP contribution in [0, 0.1) is 25.2 Å². The summed E-state index contributed by atoms with van der Waals surface area (Å²) in [5.41, 5.74) is 6.37. The molecule has 0 atom stereocenters. The highest BCUT2D eigenvalue weighted by Gasteiger charge is 2.26. The minimum absolute atomic E-state index is 0.397. The summed E-state index contributed by atoms with van der Waals surface area (Å²) < 4.78 is 0. The van der Waals surface area contributed by atoms with E-state index in [1.54, 1.807) is 13.8 Å². The zero-order valence-electron chi connectivity index (χ0n) is 10.5. The molecule has 0 aromatic carbocycles. The van der Waals surface area contributed by atoms with Crippen LogP contribution in [-0.2, 0) is 4.79 Å². The fourth-order valence-electron chi connectivity index (χ4n) is 1.43. The van der Waals surface area contributed by atoms with Gasteiger partial charge in [0.05, 0.1) is 5.56 Å². The largest absolute Gasteiger partial charge is 0.368 e. The van der Waals surface area contributed by atoms with Gasteiger partial charge in [0, 0.05) is 5.69 Å². The van der Waals surface area contributed by atoms with Crippen LogP contribution in [0.4, 0.5) is 5.82 Å². The Morgan fingerprint density at radius 2 is 2.12 bits per heavy atom. The number of nitrogens with two attached hydrogens (primary N) is 1. The number of aryl methyl sites for hydroxylation is 2. The van der Waals surface area contributed by atoms with Gasteiger partial charge in [-0.05, 0) is 39.3 Å². The molecule has 0 fully saturated rings. The fraction of sp³-hybridized carbons (Fsp3) is 0.417. The molecule has 1 amide bonds. The fourth-order valence-corrected chi connectivity index (χ4v) is 1.43. The van der Waals surface area contributed by atoms with Crippen LogP contribution in [0.25, 0.3) is 0 Å². The Morgan fingerprint density at radius 3 is 2.59 bits per heavy atom. The highest BCUT2D eigenvalue weighted by atomic mass is 16.1. The first-order chi connectivity index (χ1) is 7.77. The van der Waals surface area contributed by atoms with Gasteiger partial charge < -0.3 is 11.1 Å². The Hall–Kier alpha value is -2.09. The van der Waals surface area contributed by atoms with E-state index in [0.717, 1.165) is 11.3 Å². The number of pyridine rings is 1. The van der Waals surface area contributed by atoms with E-state index in [9.17, 15) is 4.79 Å². The lowest BCUT2D eigenvalue weighted by Gasteiger charge is -2.24. The molecule has 0 unspecified atom stereocenters. The number of hydrogen-bond donors (Lipinski definition) is 2. The first kappa shape index (κ1) is 13.0. The molecule has 3 N–H and O–H groups in total. The molecule has 5 heteroatoms. The number of nitrogens with zero attached hydrogens (tertiary/aromatic N) is 2. The van der Waals surface area contributed by atoms with Crippen LogP contribution in [0.1, 0.15) is 30.7 Å². The number of anilines is 1. The summed E-state index contributed by atoms with van der Waals surface area (Å²) in [4.78, 5) is 15.5. The minimum Gasteiger partial charge on any atom is -0.368 e. The molecule has 5 nitrogen and oxygen atoms in total. The van der Waals surface area contributed by atoms with Gasteiger partial charge in [0.25, 0.3) is 0 Å². The Bertz CT molecular complexity index is 500. The smallest absolute Gasteiger partial charge is 0.242 e. The summed E-state index contributed by atoms with van der Waals surface area (Å²) in [6.45, 7) is 6.96. The van der Waals surface area contributed by atoms with Crippen LogP contribution in [-0.4, -0.2) is 16.4 Å². The highest BCUT2D eigenvalue weighted by Crippen LogP contribution is 2.21. The summed E-state index contributed by atoms with van der Waals surface area (Å²) in [6, 6.07) is 3.90. The maximum atomic E-state index is 11.2. The zero-order chi connectivity index (χ0) is 13.2. The van der Waals surface area contributed by atoms with Crippen molar-refractivity contribution in [1.82, 2.24) is 4.98 Å². The van der Waals surface area contributed by atoms with E-state index in [0.29, 0.717) is 11.4 Å². The van der Waals surface area contributed by atoms with E-state index < -0.39 is 11.4 Å². The Morgan fingerprint density at radius 1 is 1.53 bits per heavy atom. The lowest BCUT2D eigenvalue weighted by molar-refractivity contribution is -0.121. The molecule has 0 saturated carbocycles. The van der Waals surface area contributed by atoms with Crippen LogP contribution < -0.4 is 11.1 Å². The summed E-state index contributed by atoms with van der Waals surface area (Å²) in [5.74, 6) is -0.101. The Kier molecular flexibility index (Phi) is 3.37. The molecule has 0 aliphatic heterocycles. The quantitative estimate of drug-likeness (QED) is 0.820. The maximum absolute atomic E-state index is 11.2. The molecule has 1 heterocycles. The third-order valence-electron chi connectivity index (χ3n) is 2.50. The van der Waals surface area contributed by atoms with Gasteiger partial charge >= 0.3 is 0 Å². The average Bonchev–Trinajstić information content (AvgIpc) is 2.15. The van der Waals surface area contributed by atoms with E-state index in [4.69, 9.17) is 11.0 Å². The zero-order valence-corrected chi connectivity index (χ0v) is 10.5. The molecule has 0 aliphatic rings. The summed E-state index contributed by atoms with van der Waals surface area (Å²) in [5, 5.41) is 12.0. The molecule has 0 bridgehead atoms. The van der Waals surface area contributed by atoms with Gasteiger partial charge in [-0.15, -0.1) is 0 Å². The van der Waals surface area contributed by atoms with Gasteiger partial charge in [-0.25, -0.2) is 4.98 Å². The third kappa shape index (κ3) is 2.72. The van der Waals surface area contributed by atoms with Crippen molar-refractivity contribution in [2.45, 2.75) is 33.2 Å². The molecule has 0 spiro atoms. The van der Waals surface area contributed by atoms with E-state index in [-0.39, 0.29) is 0 Å². The van der Waals surface area contributed by atoms with Crippen LogP contribution >= 0.6 is 0 Å². The number of primary amides is 1. The van der Waals surface area contributed by atoms with Gasteiger partial charge in [-0.3, -0.25) is 4.79 Å². The average molecular weight is 232 g/mol. The first-order valence-corrected chi connectivity index (χ1v) is 5.24. The van der Waals surface area contributed by atoms with Crippen LogP contribution in [0.2, 0.25) is 0 Å². The summed E-state index contributed by atoms with van der Waals surface area (Å²) in [7, 11) is 0. The van der Waals surface area contributed by atoms with Crippen LogP contribution in [0.3, 0.4) is 0 Å². The molecule has 0 saturated heterocycles. The van der Waals surface area contributed by atoms with E-state index in [2.05, 4.69) is 16.4 Å². The van der Waals surface area contributed by atoms with Crippen molar-refractivity contribution >= 4 is 11.7 Å². The predicted octanol–water partition coefficient (Wildman–Crippen LogP) is 1.25. The molecule has 1 rings (SSSR count). The van der Waals surface area contributed by atoms with Crippen molar-refractivity contribution in [2.24, 2.45) is 5.73 Å². The number of amides is 1. The molecule has 0 radical (unpaired) electrons.